The van der Waals surface area contributed by atoms with Gasteiger partial charge in [-0.15, -0.1) is 0 Å². The lowest BCUT2D eigenvalue weighted by Crippen LogP contribution is -2.47. The van der Waals surface area contributed by atoms with Crippen molar-refractivity contribution < 1.29 is 14.3 Å². The standard InChI is InChI=1S/C15H30BrNO3Si/c1-14(2,3)21(6,7)20-12-8-11(10-18)17(9-12)13(19)15(4,5)16/h11-12,18H,8-10H2,1-7H3/t11-,12+/m0/s1. The number of aliphatic hydroxyl groups excluding tert-OH is 1. The van der Waals surface area contributed by atoms with E-state index in [0.717, 1.165) is 6.42 Å². The second kappa shape index (κ2) is 6.30. The van der Waals surface area contributed by atoms with Crippen molar-refractivity contribution in [1.29, 1.82) is 0 Å². The van der Waals surface area contributed by atoms with Crippen molar-refractivity contribution in [2.75, 3.05) is 13.2 Å². The molecular weight excluding hydrogens is 350 g/mol. The van der Waals surface area contributed by atoms with Crippen LogP contribution in [0.3, 0.4) is 0 Å². The molecule has 2 atom stereocenters. The van der Waals surface area contributed by atoms with Gasteiger partial charge < -0.3 is 14.4 Å². The van der Waals surface area contributed by atoms with Crippen LogP contribution in [-0.4, -0.2) is 53.9 Å². The molecule has 0 spiro atoms. The summed E-state index contributed by atoms with van der Waals surface area (Å²) in [4.78, 5) is 14.2. The molecule has 1 saturated heterocycles. The van der Waals surface area contributed by atoms with Gasteiger partial charge in [-0.05, 0) is 38.4 Å². The third kappa shape index (κ3) is 4.53. The summed E-state index contributed by atoms with van der Waals surface area (Å²) in [5, 5.41) is 9.72. The number of carbonyl (C=O) groups excluding carboxylic acids is 1. The zero-order valence-corrected chi connectivity index (χ0v) is 17.0. The largest absolute Gasteiger partial charge is 0.412 e. The third-order valence-corrected chi connectivity index (χ3v) is 9.50. The molecule has 1 rings (SSSR count). The average molecular weight is 380 g/mol. The number of amides is 1. The van der Waals surface area contributed by atoms with Crippen molar-refractivity contribution >= 4 is 30.2 Å². The van der Waals surface area contributed by atoms with Crippen molar-refractivity contribution in [3.63, 3.8) is 0 Å². The van der Waals surface area contributed by atoms with E-state index in [1.807, 2.05) is 13.8 Å². The predicted octanol–water partition coefficient (Wildman–Crippen LogP) is 3.14. The van der Waals surface area contributed by atoms with Crippen LogP contribution < -0.4 is 0 Å². The molecular formula is C15H30BrNO3Si. The molecule has 1 aliphatic rings. The Morgan fingerprint density at radius 3 is 2.24 bits per heavy atom. The van der Waals surface area contributed by atoms with Crippen LogP contribution in [0.2, 0.25) is 18.1 Å². The van der Waals surface area contributed by atoms with Crippen LogP contribution in [-0.2, 0) is 9.22 Å². The fourth-order valence-electron chi connectivity index (χ4n) is 2.32. The highest BCUT2D eigenvalue weighted by atomic mass is 79.9. The Bertz CT molecular complexity index is 387. The van der Waals surface area contributed by atoms with Crippen molar-refractivity contribution in [3.8, 4) is 0 Å². The summed E-state index contributed by atoms with van der Waals surface area (Å²) in [6.45, 7) is 15.3. The molecule has 0 bridgehead atoms. The molecule has 1 heterocycles. The SMILES string of the molecule is CC(C)(Br)C(=O)N1C[C@H](O[Si](C)(C)C(C)(C)C)C[C@H]1CO. The highest BCUT2D eigenvalue weighted by molar-refractivity contribution is 9.10. The smallest absolute Gasteiger partial charge is 0.239 e. The molecule has 0 aromatic heterocycles. The molecule has 1 N–H and O–H groups in total. The number of alkyl halides is 1. The van der Waals surface area contributed by atoms with Gasteiger partial charge in [0.2, 0.25) is 5.91 Å². The summed E-state index contributed by atoms with van der Waals surface area (Å²) in [5.74, 6) is 0.0166. The Kier molecular flexibility index (Phi) is 5.74. The van der Waals surface area contributed by atoms with Gasteiger partial charge in [0.1, 0.15) is 0 Å². The van der Waals surface area contributed by atoms with Crippen LogP contribution in [0.5, 0.6) is 0 Å². The van der Waals surface area contributed by atoms with Crippen molar-refractivity contribution in [1.82, 2.24) is 4.90 Å². The summed E-state index contributed by atoms with van der Waals surface area (Å²) >= 11 is 3.42. The lowest BCUT2D eigenvalue weighted by atomic mass is 10.1. The maximum atomic E-state index is 12.5. The second-order valence-electron chi connectivity index (χ2n) is 8.00. The number of aliphatic hydroxyl groups is 1. The molecule has 0 radical (unpaired) electrons. The fourth-order valence-corrected chi connectivity index (χ4v) is 3.90. The maximum absolute atomic E-state index is 12.5. The van der Waals surface area contributed by atoms with Crippen LogP contribution in [0.1, 0.15) is 41.0 Å². The lowest BCUT2D eigenvalue weighted by molar-refractivity contribution is -0.134. The number of carbonyl (C=O) groups is 1. The molecule has 124 valence electrons. The van der Waals surface area contributed by atoms with Crippen molar-refractivity contribution in [3.05, 3.63) is 0 Å². The van der Waals surface area contributed by atoms with E-state index in [-0.39, 0.29) is 29.7 Å². The van der Waals surface area contributed by atoms with Gasteiger partial charge in [0.05, 0.1) is 23.1 Å². The fraction of sp³-hybridized carbons (Fsp3) is 0.933. The van der Waals surface area contributed by atoms with Crippen LogP contribution in [0.15, 0.2) is 0 Å². The number of likely N-dealkylation sites (tertiary alicyclic amines) is 1. The second-order valence-corrected chi connectivity index (χ2v) is 14.7. The zero-order valence-electron chi connectivity index (χ0n) is 14.4. The molecule has 1 fully saturated rings. The Labute approximate surface area is 138 Å². The number of halogens is 1. The van der Waals surface area contributed by atoms with Gasteiger partial charge in [0.15, 0.2) is 8.32 Å². The van der Waals surface area contributed by atoms with E-state index in [0.29, 0.717) is 6.54 Å². The first-order valence-electron chi connectivity index (χ1n) is 7.58. The summed E-state index contributed by atoms with van der Waals surface area (Å²) in [5.41, 5.74) is 0. The lowest BCUT2D eigenvalue weighted by Gasteiger charge is -2.38. The molecule has 1 aliphatic heterocycles. The molecule has 21 heavy (non-hydrogen) atoms. The van der Waals surface area contributed by atoms with Crippen molar-refractivity contribution in [2.45, 2.75) is 75.6 Å². The molecule has 0 saturated carbocycles. The summed E-state index contributed by atoms with van der Waals surface area (Å²) in [7, 11) is -1.85. The van der Waals surface area contributed by atoms with Crippen LogP contribution in [0.4, 0.5) is 0 Å². The van der Waals surface area contributed by atoms with E-state index in [2.05, 4.69) is 49.8 Å². The van der Waals surface area contributed by atoms with Gasteiger partial charge in [-0.3, -0.25) is 4.79 Å². The van der Waals surface area contributed by atoms with E-state index >= 15 is 0 Å². The average Bonchev–Trinajstić information content (AvgIpc) is 2.67. The first kappa shape index (κ1) is 19.1. The van der Waals surface area contributed by atoms with E-state index < -0.39 is 12.6 Å². The molecule has 0 aromatic rings. The molecule has 6 heteroatoms. The monoisotopic (exact) mass is 379 g/mol. The Hall–Kier alpha value is 0.0869. The normalized spacial score (nSPS) is 24.5. The van der Waals surface area contributed by atoms with Gasteiger partial charge in [-0.25, -0.2) is 0 Å². The van der Waals surface area contributed by atoms with Crippen molar-refractivity contribution in [2.24, 2.45) is 0 Å². The summed E-state index contributed by atoms with van der Waals surface area (Å²) in [6.07, 6.45) is 0.750. The quantitative estimate of drug-likeness (QED) is 0.602. The third-order valence-electron chi connectivity index (χ3n) is 4.62. The van der Waals surface area contributed by atoms with Crippen LogP contribution >= 0.6 is 15.9 Å². The zero-order chi connectivity index (χ0) is 16.6. The van der Waals surface area contributed by atoms with E-state index in [1.165, 1.54) is 0 Å². The van der Waals surface area contributed by atoms with E-state index in [9.17, 15) is 9.90 Å². The molecule has 0 aliphatic carbocycles. The Morgan fingerprint density at radius 1 is 1.33 bits per heavy atom. The number of hydrogen-bond donors (Lipinski definition) is 1. The first-order chi connectivity index (χ1) is 9.29. The number of rotatable bonds is 4. The Morgan fingerprint density at radius 2 is 1.86 bits per heavy atom. The summed E-state index contributed by atoms with van der Waals surface area (Å²) in [6, 6.07) is -0.135. The number of nitrogens with zero attached hydrogens (tertiary/aromatic N) is 1. The van der Waals surface area contributed by atoms with Gasteiger partial charge in [-0.1, -0.05) is 36.7 Å². The van der Waals surface area contributed by atoms with Crippen LogP contribution in [0, 0.1) is 0 Å². The minimum Gasteiger partial charge on any atom is -0.412 e. The summed E-state index contributed by atoms with van der Waals surface area (Å²) < 4.78 is 5.80. The highest BCUT2D eigenvalue weighted by Crippen LogP contribution is 2.39. The van der Waals surface area contributed by atoms with E-state index in [4.69, 9.17) is 4.43 Å². The maximum Gasteiger partial charge on any atom is 0.239 e. The molecule has 4 nitrogen and oxygen atoms in total. The Balaban J connectivity index is 2.81. The minimum absolute atomic E-state index is 0.00776. The predicted molar refractivity (Wildman–Crippen MR) is 92.3 cm³/mol. The minimum atomic E-state index is -1.85. The highest BCUT2D eigenvalue weighted by Gasteiger charge is 2.45. The molecule has 0 aromatic carbocycles. The topological polar surface area (TPSA) is 49.8 Å². The van der Waals surface area contributed by atoms with Gasteiger partial charge in [0.25, 0.3) is 0 Å². The van der Waals surface area contributed by atoms with E-state index in [1.54, 1.807) is 4.90 Å². The van der Waals surface area contributed by atoms with Gasteiger partial charge in [-0.2, -0.15) is 0 Å². The first-order valence-corrected chi connectivity index (χ1v) is 11.3. The number of hydrogen-bond acceptors (Lipinski definition) is 3. The van der Waals surface area contributed by atoms with Crippen LogP contribution in [0.25, 0.3) is 0 Å². The molecule has 1 amide bonds. The van der Waals surface area contributed by atoms with Gasteiger partial charge >= 0.3 is 0 Å². The molecule has 0 unspecified atom stereocenters. The van der Waals surface area contributed by atoms with Gasteiger partial charge in [0, 0.05) is 6.54 Å².